The number of nitrogens with zero attached hydrogens (tertiary/aromatic N) is 1. The lowest BCUT2D eigenvalue weighted by atomic mass is 9.66. The average molecular weight is 374 g/mol. The minimum absolute atomic E-state index is 0.108. The number of ether oxygens (including phenoxy) is 2. The average Bonchev–Trinajstić information content (AvgIpc) is 2.60. The van der Waals surface area contributed by atoms with Crippen molar-refractivity contribution in [3.05, 3.63) is 32.7 Å². The normalized spacial score (nSPS) is 20.6. The van der Waals surface area contributed by atoms with Crippen molar-refractivity contribution in [2.75, 3.05) is 6.61 Å². The minimum atomic E-state index is -0.385. The number of hydrogen-bond acceptors (Lipinski definition) is 5. The Morgan fingerprint density at radius 1 is 1.33 bits per heavy atom. The van der Waals surface area contributed by atoms with Gasteiger partial charge >= 0.3 is 5.97 Å². The molecular weight excluding hydrogens is 344 g/mol. The van der Waals surface area contributed by atoms with Gasteiger partial charge in [-0.05, 0) is 37.8 Å². The Morgan fingerprint density at radius 2 is 2.04 bits per heavy atom. The van der Waals surface area contributed by atoms with Crippen LogP contribution >= 0.6 is 0 Å². The number of aromatic nitrogens is 1. The fraction of sp³-hybridized carbons (Fsp3) is 0.667. The van der Waals surface area contributed by atoms with E-state index in [1.165, 1.54) is 0 Å². The van der Waals surface area contributed by atoms with Gasteiger partial charge in [0, 0.05) is 30.6 Å². The van der Waals surface area contributed by atoms with E-state index in [2.05, 4.69) is 25.8 Å². The third-order valence-electron chi connectivity index (χ3n) is 5.68. The molecule has 0 aliphatic heterocycles. The first-order valence-electron chi connectivity index (χ1n) is 9.65. The van der Waals surface area contributed by atoms with E-state index in [-0.39, 0.29) is 41.1 Å². The summed E-state index contributed by atoms with van der Waals surface area (Å²) in [5.74, 6) is -0.261. The SMILES string of the molecule is CCCCO[C@H]1C[C@H](OC(=O)CCc2c(C)[nH]c(=O)c(C#N)c2C)C1(C)C. The van der Waals surface area contributed by atoms with Gasteiger partial charge in [0.15, 0.2) is 0 Å². The molecule has 1 aliphatic carbocycles. The van der Waals surface area contributed by atoms with Gasteiger partial charge in [0.2, 0.25) is 0 Å². The molecule has 6 heteroatoms. The Balaban J connectivity index is 1.91. The molecule has 0 unspecified atom stereocenters. The van der Waals surface area contributed by atoms with Crippen molar-refractivity contribution in [2.24, 2.45) is 5.41 Å². The summed E-state index contributed by atoms with van der Waals surface area (Å²) in [6.45, 7) is 10.5. The van der Waals surface area contributed by atoms with E-state index in [4.69, 9.17) is 14.7 Å². The molecule has 0 radical (unpaired) electrons. The molecular formula is C21H30N2O4. The van der Waals surface area contributed by atoms with Crippen molar-refractivity contribution in [3.63, 3.8) is 0 Å². The van der Waals surface area contributed by atoms with Crippen LogP contribution in [0.2, 0.25) is 0 Å². The number of unbranched alkanes of at least 4 members (excludes halogenated alkanes) is 1. The van der Waals surface area contributed by atoms with E-state index < -0.39 is 0 Å². The van der Waals surface area contributed by atoms with E-state index in [0.717, 1.165) is 31.4 Å². The summed E-state index contributed by atoms with van der Waals surface area (Å²) in [6.07, 6.45) is 3.52. The van der Waals surface area contributed by atoms with Gasteiger partial charge in [-0.3, -0.25) is 9.59 Å². The highest BCUT2D eigenvalue weighted by Crippen LogP contribution is 2.45. The van der Waals surface area contributed by atoms with Crippen molar-refractivity contribution in [1.29, 1.82) is 5.26 Å². The van der Waals surface area contributed by atoms with Crippen molar-refractivity contribution in [1.82, 2.24) is 4.98 Å². The number of nitriles is 1. The maximum Gasteiger partial charge on any atom is 0.306 e. The number of H-pyrrole nitrogens is 1. The largest absolute Gasteiger partial charge is 0.462 e. The van der Waals surface area contributed by atoms with Crippen molar-refractivity contribution < 1.29 is 14.3 Å². The molecule has 1 fully saturated rings. The molecule has 0 bridgehead atoms. The van der Waals surface area contributed by atoms with Crippen LogP contribution in [0, 0.1) is 30.6 Å². The van der Waals surface area contributed by atoms with Gasteiger partial charge in [-0.25, -0.2) is 0 Å². The summed E-state index contributed by atoms with van der Waals surface area (Å²) in [4.78, 5) is 26.8. The third-order valence-corrected chi connectivity index (χ3v) is 5.68. The zero-order valence-corrected chi connectivity index (χ0v) is 17.0. The molecule has 0 aromatic carbocycles. The van der Waals surface area contributed by atoms with E-state index >= 15 is 0 Å². The minimum Gasteiger partial charge on any atom is -0.462 e. The van der Waals surface area contributed by atoms with E-state index in [1.54, 1.807) is 13.8 Å². The monoisotopic (exact) mass is 374 g/mol. The van der Waals surface area contributed by atoms with Gasteiger partial charge in [-0.2, -0.15) is 5.26 Å². The van der Waals surface area contributed by atoms with Gasteiger partial charge in [-0.1, -0.05) is 27.2 Å². The highest BCUT2D eigenvalue weighted by molar-refractivity contribution is 5.70. The number of carbonyl (C=O) groups is 1. The molecule has 1 N–H and O–H groups in total. The van der Waals surface area contributed by atoms with Crippen LogP contribution in [0.1, 0.15) is 68.8 Å². The highest BCUT2D eigenvalue weighted by atomic mass is 16.6. The lowest BCUT2D eigenvalue weighted by Gasteiger charge is -2.50. The molecule has 0 saturated heterocycles. The first-order valence-corrected chi connectivity index (χ1v) is 9.65. The van der Waals surface area contributed by atoms with Crippen molar-refractivity contribution >= 4 is 5.97 Å². The van der Waals surface area contributed by atoms with Crippen LogP contribution in [-0.2, 0) is 20.7 Å². The number of rotatable bonds is 8. The predicted molar refractivity (Wildman–Crippen MR) is 102 cm³/mol. The maximum atomic E-state index is 12.3. The van der Waals surface area contributed by atoms with Crippen molar-refractivity contribution in [3.8, 4) is 6.07 Å². The summed E-state index contributed by atoms with van der Waals surface area (Å²) < 4.78 is 11.6. The second kappa shape index (κ2) is 8.71. The second-order valence-electron chi connectivity index (χ2n) is 7.92. The van der Waals surface area contributed by atoms with E-state index in [9.17, 15) is 9.59 Å². The van der Waals surface area contributed by atoms with Gasteiger partial charge in [-0.15, -0.1) is 0 Å². The zero-order valence-electron chi connectivity index (χ0n) is 17.0. The molecule has 1 saturated carbocycles. The molecule has 148 valence electrons. The molecule has 1 aromatic rings. The Bertz CT molecular complexity index is 789. The topological polar surface area (TPSA) is 92.2 Å². The number of hydrogen-bond donors (Lipinski definition) is 1. The molecule has 2 atom stereocenters. The Morgan fingerprint density at radius 3 is 2.63 bits per heavy atom. The summed E-state index contributed by atoms with van der Waals surface area (Å²) in [6, 6.07) is 1.93. The first kappa shape index (κ1) is 21.2. The number of aromatic amines is 1. The van der Waals surface area contributed by atoms with Crippen LogP contribution in [0.15, 0.2) is 4.79 Å². The molecule has 2 rings (SSSR count). The Kier molecular flexibility index (Phi) is 6.83. The summed E-state index contributed by atoms with van der Waals surface area (Å²) >= 11 is 0. The standard InChI is InChI=1S/C21H30N2O4/c1-6-7-10-26-17-11-18(21(17,4)5)27-19(24)9-8-15-13(2)16(12-22)20(25)23-14(15)3/h17-18H,6-11H2,1-5H3,(H,23,25)/t17-,18-/m0/s1. The summed E-state index contributed by atoms with van der Waals surface area (Å²) in [5.41, 5.74) is 1.70. The number of esters is 1. The lowest BCUT2D eigenvalue weighted by molar-refractivity contribution is -0.203. The van der Waals surface area contributed by atoms with E-state index in [0.29, 0.717) is 17.7 Å². The number of carbonyl (C=O) groups excluding carboxylic acids is 1. The van der Waals surface area contributed by atoms with Gasteiger partial charge in [0.1, 0.15) is 17.7 Å². The molecule has 1 aromatic heterocycles. The van der Waals surface area contributed by atoms with E-state index in [1.807, 2.05) is 6.07 Å². The van der Waals surface area contributed by atoms with Gasteiger partial charge in [0.25, 0.3) is 5.56 Å². The number of nitrogens with one attached hydrogen (secondary N) is 1. The molecule has 6 nitrogen and oxygen atoms in total. The van der Waals surface area contributed by atoms with Crippen LogP contribution in [-0.4, -0.2) is 29.8 Å². The third kappa shape index (κ3) is 4.59. The van der Waals surface area contributed by atoms with Gasteiger partial charge in [0.05, 0.1) is 6.10 Å². The molecule has 27 heavy (non-hydrogen) atoms. The van der Waals surface area contributed by atoms with Crippen molar-refractivity contribution in [2.45, 2.75) is 78.9 Å². The van der Waals surface area contributed by atoms with Crippen LogP contribution in [0.25, 0.3) is 0 Å². The second-order valence-corrected chi connectivity index (χ2v) is 7.92. The molecule has 1 heterocycles. The zero-order chi connectivity index (χ0) is 20.2. The van der Waals surface area contributed by atoms with Crippen LogP contribution in [0.5, 0.6) is 0 Å². The number of pyridine rings is 1. The first-order chi connectivity index (χ1) is 12.7. The smallest absolute Gasteiger partial charge is 0.306 e. The Hall–Kier alpha value is -2.13. The quantitative estimate of drug-likeness (QED) is 0.557. The van der Waals surface area contributed by atoms with Crippen LogP contribution in [0.4, 0.5) is 0 Å². The predicted octanol–water partition coefficient (Wildman–Crippen LogP) is 3.32. The fourth-order valence-corrected chi connectivity index (χ4v) is 3.57. The van der Waals surface area contributed by atoms with Crippen LogP contribution < -0.4 is 5.56 Å². The summed E-state index contributed by atoms with van der Waals surface area (Å²) in [5, 5.41) is 9.14. The lowest BCUT2D eigenvalue weighted by Crippen LogP contribution is -2.56. The Labute approximate surface area is 160 Å². The summed E-state index contributed by atoms with van der Waals surface area (Å²) in [7, 11) is 0. The fourth-order valence-electron chi connectivity index (χ4n) is 3.57. The van der Waals surface area contributed by atoms with Crippen LogP contribution in [0.3, 0.4) is 0 Å². The molecule has 1 aliphatic rings. The molecule has 0 spiro atoms. The molecule has 0 amide bonds. The highest BCUT2D eigenvalue weighted by Gasteiger charge is 2.51. The maximum absolute atomic E-state index is 12.3. The number of aryl methyl sites for hydroxylation is 1. The van der Waals surface area contributed by atoms with Gasteiger partial charge < -0.3 is 14.5 Å².